The Labute approximate surface area is 127 Å². The number of ether oxygens (including phenoxy) is 2. The van der Waals surface area contributed by atoms with Crippen molar-refractivity contribution in [2.24, 2.45) is 5.73 Å². The van der Waals surface area contributed by atoms with E-state index in [4.69, 9.17) is 15.2 Å². The second kappa shape index (κ2) is 7.04. The first-order valence-electron chi connectivity index (χ1n) is 7.00. The molecular formula is C15H18N2O5. The van der Waals surface area contributed by atoms with Gasteiger partial charge in [0.25, 0.3) is 5.91 Å². The quantitative estimate of drug-likeness (QED) is 0.784. The molecule has 1 aromatic carbocycles. The van der Waals surface area contributed by atoms with E-state index >= 15 is 0 Å². The van der Waals surface area contributed by atoms with Crippen molar-refractivity contribution in [3.63, 3.8) is 0 Å². The number of esters is 1. The number of benzene rings is 1. The van der Waals surface area contributed by atoms with Gasteiger partial charge in [0.2, 0.25) is 5.91 Å². The zero-order valence-corrected chi connectivity index (χ0v) is 12.2. The van der Waals surface area contributed by atoms with Crippen LogP contribution in [0.3, 0.4) is 0 Å². The predicted octanol–water partition coefficient (Wildman–Crippen LogP) is 0.835. The molecule has 1 aliphatic heterocycles. The summed E-state index contributed by atoms with van der Waals surface area (Å²) in [7, 11) is 0. The average molecular weight is 306 g/mol. The third kappa shape index (κ3) is 4.05. The minimum absolute atomic E-state index is 0.343. The highest BCUT2D eigenvalue weighted by Crippen LogP contribution is 2.15. The van der Waals surface area contributed by atoms with Gasteiger partial charge in [-0.3, -0.25) is 9.59 Å². The van der Waals surface area contributed by atoms with E-state index < -0.39 is 30.0 Å². The van der Waals surface area contributed by atoms with Crippen molar-refractivity contribution in [3.05, 3.63) is 29.8 Å². The molecule has 22 heavy (non-hydrogen) atoms. The first-order valence-corrected chi connectivity index (χ1v) is 7.00. The van der Waals surface area contributed by atoms with Crippen LogP contribution < -0.4 is 11.1 Å². The zero-order valence-electron chi connectivity index (χ0n) is 12.2. The molecule has 1 saturated heterocycles. The fourth-order valence-electron chi connectivity index (χ4n) is 2.03. The van der Waals surface area contributed by atoms with E-state index in [1.165, 1.54) is 19.1 Å². The van der Waals surface area contributed by atoms with Gasteiger partial charge in [-0.25, -0.2) is 4.79 Å². The molecule has 3 N–H and O–H groups in total. The molecule has 2 amide bonds. The summed E-state index contributed by atoms with van der Waals surface area (Å²) in [6.45, 7) is 2.02. The van der Waals surface area contributed by atoms with Crippen molar-refractivity contribution in [1.82, 2.24) is 0 Å². The van der Waals surface area contributed by atoms with Gasteiger partial charge < -0.3 is 20.5 Å². The SMILES string of the molecule is C[C@@H](OC(=O)[C@H]1CCCO1)C(=O)Nc1ccc(C(N)=O)cc1. The zero-order chi connectivity index (χ0) is 16.1. The van der Waals surface area contributed by atoms with Gasteiger partial charge in [0, 0.05) is 17.9 Å². The highest BCUT2D eigenvalue weighted by atomic mass is 16.6. The second-order valence-electron chi connectivity index (χ2n) is 5.01. The molecule has 0 bridgehead atoms. The third-order valence-corrected chi connectivity index (χ3v) is 3.29. The van der Waals surface area contributed by atoms with Crippen LogP contribution in [0, 0.1) is 0 Å². The topological polar surface area (TPSA) is 108 Å². The maximum absolute atomic E-state index is 12.0. The summed E-state index contributed by atoms with van der Waals surface area (Å²) in [5, 5.41) is 2.59. The Morgan fingerprint density at radius 1 is 1.32 bits per heavy atom. The number of amides is 2. The van der Waals surface area contributed by atoms with Gasteiger partial charge in [-0.2, -0.15) is 0 Å². The summed E-state index contributed by atoms with van der Waals surface area (Å²) in [5.74, 6) is -1.53. The van der Waals surface area contributed by atoms with Gasteiger partial charge in [0.15, 0.2) is 12.2 Å². The minimum Gasteiger partial charge on any atom is -0.451 e. The standard InChI is InChI=1S/C15H18N2O5/c1-9(22-15(20)12-3-2-8-21-12)14(19)17-11-6-4-10(5-7-11)13(16)18/h4-7,9,12H,2-3,8H2,1H3,(H2,16,18)(H,17,19)/t9-,12-/m1/s1. The van der Waals surface area contributed by atoms with E-state index in [1.807, 2.05) is 0 Å². The van der Waals surface area contributed by atoms with Crippen molar-refractivity contribution in [2.75, 3.05) is 11.9 Å². The second-order valence-corrected chi connectivity index (χ2v) is 5.01. The third-order valence-electron chi connectivity index (χ3n) is 3.29. The van der Waals surface area contributed by atoms with E-state index in [-0.39, 0.29) is 0 Å². The molecule has 7 nitrogen and oxygen atoms in total. The Bertz CT molecular complexity index is 564. The number of hydrogen-bond acceptors (Lipinski definition) is 5. The average Bonchev–Trinajstić information content (AvgIpc) is 3.02. The van der Waals surface area contributed by atoms with Crippen molar-refractivity contribution in [3.8, 4) is 0 Å². The van der Waals surface area contributed by atoms with Gasteiger partial charge in [-0.15, -0.1) is 0 Å². The molecule has 0 spiro atoms. The summed E-state index contributed by atoms with van der Waals surface area (Å²) in [6, 6.07) is 6.10. The summed E-state index contributed by atoms with van der Waals surface area (Å²) in [6.07, 6.45) is -0.0912. The van der Waals surface area contributed by atoms with Crippen molar-refractivity contribution in [1.29, 1.82) is 0 Å². The maximum Gasteiger partial charge on any atom is 0.336 e. The van der Waals surface area contributed by atoms with Crippen molar-refractivity contribution < 1.29 is 23.9 Å². The largest absolute Gasteiger partial charge is 0.451 e. The van der Waals surface area contributed by atoms with Crippen molar-refractivity contribution in [2.45, 2.75) is 32.0 Å². The lowest BCUT2D eigenvalue weighted by atomic mass is 10.2. The Morgan fingerprint density at radius 2 is 2.00 bits per heavy atom. The van der Waals surface area contributed by atoms with Crippen LogP contribution in [0.5, 0.6) is 0 Å². The number of nitrogens with one attached hydrogen (secondary N) is 1. The molecule has 118 valence electrons. The summed E-state index contributed by atoms with van der Waals surface area (Å²) >= 11 is 0. The monoisotopic (exact) mass is 306 g/mol. The van der Waals surface area contributed by atoms with E-state index in [9.17, 15) is 14.4 Å². The molecule has 1 aromatic rings. The van der Waals surface area contributed by atoms with Gasteiger partial charge in [0.1, 0.15) is 0 Å². The van der Waals surface area contributed by atoms with Crippen LogP contribution >= 0.6 is 0 Å². The van der Waals surface area contributed by atoms with Crippen molar-refractivity contribution >= 4 is 23.5 Å². The molecule has 7 heteroatoms. The van der Waals surface area contributed by atoms with Crippen LogP contribution in [0.25, 0.3) is 0 Å². The lowest BCUT2D eigenvalue weighted by Crippen LogP contribution is -2.34. The molecule has 0 radical (unpaired) electrons. The molecule has 1 aliphatic rings. The summed E-state index contributed by atoms with van der Waals surface area (Å²) < 4.78 is 10.3. The summed E-state index contributed by atoms with van der Waals surface area (Å²) in [5.41, 5.74) is 5.96. The Hall–Kier alpha value is -2.41. The van der Waals surface area contributed by atoms with Gasteiger partial charge in [-0.1, -0.05) is 0 Å². The number of carbonyl (C=O) groups excluding carboxylic acids is 3. The van der Waals surface area contributed by atoms with Crippen LogP contribution in [-0.4, -0.2) is 36.6 Å². The predicted molar refractivity (Wildman–Crippen MR) is 78.1 cm³/mol. The van der Waals surface area contributed by atoms with E-state index in [1.54, 1.807) is 12.1 Å². The molecule has 2 atom stereocenters. The maximum atomic E-state index is 12.0. The Kier molecular flexibility index (Phi) is 5.11. The molecule has 1 fully saturated rings. The molecule has 0 unspecified atom stereocenters. The fourth-order valence-corrected chi connectivity index (χ4v) is 2.03. The number of nitrogens with two attached hydrogens (primary N) is 1. The molecular weight excluding hydrogens is 288 g/mol. The normalized spacial score (nSPS) is 18.5. The highest BCUT2D eigenvalue weighted by molar-refractivity contribution is 5.96. The first-order chi connectivity index (χ1) is 10.5. The van der Waals surface area contributed by atoms with Crippen LogP contribution in [0.2, 0.25) is 0 Å². The number of rotatable bonds is 5. The number of carbonyl (C=O) groups is 3. The number of primary amides is 1. The van der Waals surface area contributed by atoms with Gasteiger partial charge in [-0.05, 0) is 44.0 Å². The van der Waals surface area contributed by atoms with Crippen LogP contribution in [0.4, 0.5) is 5.69 Å². The lowest BCUT2D eigenvalue weighted by molar-refractivity contribution is -0.162. The van der Waals surface area contributed by atoms with Crippen LogP contribution in [0.1, 0.15) is 30.1 Å². The highest BCUT2D eigenvalue weighted by Gasteiger charge is 2.28. The Morgan fingerprint density at radius 3 is 2.55 bits per heavy atom. The molecule has 1 heterocycles. The lowest BCUT2D eigenvalue weighted by Gasteiger charge is -2.16. The number of hydrogen-bond donors (Lipinski definition) is 2. The van der Waals surface area contributed by atoms with Crippen LogP contribution in [-0.2, 0) is 19.1 Å². The van der Waals surface area contributed by atoms with Gasteiger partial charge in [0.05, 0.1) is 0 Å². The minimum atomic E-state index is -0.937. The summed E-state index contributed by atoms with van der Waals surface area (Å²) in [4.78, 5) is 34.7. The molecule has 0 aliphatic carbocycles. The smallest absolute Gasteiger partial charge is 0.336 e. The molecule has 0 saturated carbocycles. The Balaban J connectivity index is 1.87. The first kappa shape index (κ1) is 16.0. The van der Waals surface area contributed by atoms with E-state index in [2.05, 4.69) is 5.32 Å². The van der Waals surface area contributed by atoms with E-state index in [0.717, 1.165) is 6.42 Å². The molecule has 2 rings (SSSR count). The van der Waals surface area contributed by atoms with Crippen LogP contribution in [0.15, 0.2) is 24.3 Å². The van der Waals surface area contributed by atoms with E-state index in [0.29, 0.717) is 24.3 Å². The molecule has 0 aromatic heterocycles. The fraction of sp³-hybridized carbons (Fsp3) is 0.400. The number of anilines is 1. The van der Waals surface area contributed by atoms with Gasteiger partial charge >= 0.3 is 5.97 Å².